The van der Waals surface area contributed by atoms with Crippen LogP contribution in [0.4, 0.5) is 5.82 Å². The van der Waals surface area contributed by atoms with Crippen molar-refractivity contribution in [1.29, 1.82) is 0 Å². The lowest BCUT2D eigenvalue weighted by molar-refractivity contribution is 0.613. The van der Waals surface area contributed by atoms with Gasteiger partial charge < -0.3 is 9.73 Å². The summed E-state index contributed by atoms with van der Waals surface area (Å²) in [4.78, 5) is 13.7. The largest absolute Gasteiger partial charge is 0.464 e. The maximum atomic E-state index is 5.58. The Hall–Kier alpha value is -4.00. The quantitative estimate of drug-likeness (QED) is 0.403. The van der Waals surface area contributed by atoms with Crippen molar-refractivity contribution in [3.8, 4) is 22.4 Å². The molecule has 0 spiro atoms. The summed E-state index contributed by atoms with van der Waals surface area (Å²) >= 11 is 0. The number of pyridine rings is 1. The fourth-order valence-electron chi connectivity index (χ4n) is 3.83. The Bertz CT molecular complexity index is 1420. The van der Waals surface area contributed by atoms with Crippen molar-refractivity contribution >= 4 is 16.8 Å². The van der Waals surface area contributed by atoms with Gasteiger partial charge in [-0.1, -0.05) is 0 Å². The van der Waals surface area contributed by atoms with Crippen molar-refractivity contribution in [1.82, 2.24) is 24.7 Å². The summed E-state index contributed by atoms with van der Waals surface area (Å²) in [5.41, 5.74) is 7.04. The number of furan rings is 1. The topological polar surface area (TPSA) is 81.7 Å². The van der Waals surface area contributed by atoms with E-state index >= 15 is 0 Å². The number of fused-ring (bicyclic) bond motifs is 1. The van der Waals surface area contributed by atoms with E-state index in [2.05, 4.69) is 44.4 Å². The summed E-state index contributed by atoms with van der Waals surface area (Å²) in [5, 5.41) is 8.86. The Morgan fingerprint density at radius 2 is 1.84 bits per heavy atom. The number of rotatable bonds is 5. The lowest BCUT2D eigenvalue weighted by atomic mass is 10.1. The van der Waals surface area contributed by atoms with Crippen molar-refractivity contribution in [3.05, 3.63) is 78.3 Å². The average molecular weight is 425 g/mol. The van der Waals surface area contributed by atoms with Crippen LogP contribution in [-0.2, 0) is 7.05 Å². The molecular formula is C25H24N6O. The van der Waals surface area contributed by atoms with Crippen molar-refractivity contribution in [2.75, 3.05) is 5.32 Å². The number of aromatic nitrogens is 5. The van der Waals surface area contributed by atoms with Gasteiger partial charge in [0.25, 0.3) is 0 Å². The number of nitrogens with zero attached hydrogens (tertiary/aromatic N) is 5. The van der Waals surface area contributed by atoms with E-state index in [0.29, 0.717) is 5.82 Å². The molecule has 5 aromatic rings. The average Bonchev–Trinajstić information content (AvgIpc) is 3.39. The first kappa shape index (κ1) is 19.9. The predicted molar refractivity (Wildman–Crippen MR) is 125 cm³/mol. The molecule has 0 amide bonds. The van der Waals surface area contributed by atoms with Crippen LogP contribution in [0.5, 0.6) is 0 Å². The summed E-state index contributed by atoms with van der Waals surface area (Å²) < 4.78 is 7.36. The van der Waals surface area contributed by atoms with Gasteiger partial charge in [-0.3, -0.25) is 9.67 Å². The molecule has 7 heteroatoms. The fourth-order valence-corrected chi connectivity index (χ4v) is 3.83. The number of hydrogen-bond acceptors (Lipinski definition) is 6. The smallest absolute Gasteiger partial charge is 0.134 e. The molecule has 7 nitrogen and oxygen atoms in total. The van der Waals surface area contributed by atoms with E-state index in [4.69, 9.17) is 4.42 Å². The Kier molecular flexibility index (Phi) is 4.93. The van der Waals surface area contributed by atoms with Gasteiger partial charge in [-0.15, -0.1) is 0 Å². The summed E-state index contributed by atoms with van der Waals surface area (Å²) in [7, 11) is 1.91. The van der Waals surface area contributed by atoms with Crippen molar-refractivity contribution in [2.45, 2.75) is 26.8 Å². The molecule has 0 aliphatic heterocycles. The molecule has 1 atom stereocenters. The minimum absolute atomic E-state index is 0.0138. The van der Waals surface area contributed by atoms with E-state index in [-0.39, 0.29) is 6.04 Å². The van der Waals surface area contributed by atoms with E-state index in [1.165, 1.54) is 0 Å². The van der Waals surface area contributed by atoms with Crippen molar-refractivity contribution in [2.24, 2.45) is 7.05 Å². The Morgan fingerprint density at radius 3 is 2.66 bits per heavy atom. The van der Waals surface area contributed by atoms with Crippen LogP contribution >= 0.6 is 0 Å². The number of nitrogens with one attached hydrogen (secondary N) is 1. The van der Waals surface area contributed by atoms with Gasteiger partial charge in [0.15, 0.2) is 0 Å². The molecule has 4 aromatic heterocycles. The number of aryl methyl sites for hydroxylation is 3. The van der Waals surface area contributed by atoms with Gasteiger partial charge in [-0.05, 0) is 56.2 Å². The fraction of sp³-hybridized carbons (Fsp3) is 0.200. The summed E-state index contributed by atoms with van der Waals surface area (Å²) in [6, 6.07) is 10.3. The maximum Gasteiger partial charge on any atom is 0.134 e. The first-order valence-electron chi connectivity index (χ1n) is 10.5. The molecule has 0 bridgehead atoms. The van der Waals surface area contributed by atoms with Gasteiger partial charge in [0.05, 0.1) is 24.2 Å². The summed E-state index contributed by atoms with van der Waals surface area (Å²) in [6.07, 6.45) is 9.34. The van der Waals surface area contributed by atoms with E-state index in [1.54, 1.807) is 10.9 Å². The molecule has 0 unspecified atom stereocenters. The van der Waals surface area contributed by atoms with Crippen LogP contribution in [0.3, 0.4) is 0 Å². The van der Waals surface area contributed by atoms with Crippen molar-refractivity contribution in [3.63, 3.8) is 0 Å². The normalized spacial score (nSPS) is 12.2. The molecule has 0 aliphatic carbocycles. The third-order valence-electron chi connectivity index (χ3n) is 5.56. The number of anilines is 1. The van der Waals surface area contributed by atoms with E-state index in [1.807, 2.05) is 63.9 Å². The maximum absolute atomic E-state index is 5.58. The molecule has 4 heterocycles. The molecule has 160 valence electrons. The zero-order chi connectivity index (χ0) is 22.2. The standard InChI is InChI=1S/C25H24N6O/c1-15-14-32-24-6-5-18(8-22(15)24)23-9-25(30-17(3)29-23)28-16(2)19-7-20(11-26-10-19)21-12-27-31(4)13-21/h5-14,16H,1-4H3,(H,28,29,30)/t16-/m1/s1. The third kappa shape index (κ3) is 3.85. The van der Waals surface area contributed by atoms with Gasteiger partial charge in [0.1, 0.15) is 17.2 Å². The Balaban J connectivity index is 1.43. The SMILES string of the molecule is Cc1nc(N[C@H](C)c2cncc(-c3cnn(C)c3)c2)cc(-c2ccc3occ(C)c3c2)n1. The zero-order valence-corrected chi connectivity index (χ0v) is 18.5. The predicted octanol–water partition coefficient (Wildman–Crippen LogP) is 5.48. The first-order chi connectivity index (χ1) is 15.5. The number of hydrogen-bond donors (Lipinski definition) is 1. The second kappa shape index (κ2) is 7.92. The van der Waals surface area contributed by atoms with Gasteiger partial charge in [0.2, 0.25) is 0 Å². The van der Waals surface area contributed by atoms with Crippen molar-refractivity contribution < 1.29 is 4.42 Å². The first-order valence-corrected chi connectivity index (χ1v) is 10.5. The second-order valence-electron chi connectivity index (χ2n) is 8.09. The zero-order valence-electron chi connectivity index (χ0n) is 18.5. The molecule has 5 rings (SSSR count). The molecule has 0 saturated heterocycles. The van der Waals surface area contributed by atoms with Crippen LogP contribution in [-0.4, -0.2) is 24.7 Å². The highest BCUT2D eigenvalue weighted by Gasteiger charge is 2.12. The molecule has 0 radical (unpaired) electrons. The minimum atomic E-state index is 0.0138. The molecule has 0 saturated carbocycles. The van der Waals surface area contributed by atoms with Gasteiger partial charge >= 0.3 is 0 Å². The Labute approximate surface area is 186 Å². The molecule has 0 aliphatic rings. The highest BCUT2D eigenvalue weighted by Crippen LogP contribution is 2.29. The van der Waals surface area contributed by atoms with E-state index in [9.17, 15) is 0 Å². The third-order valence-corrected chi connectivity index (χ3v) is 5.56. The summed E-state index contributed by atoms with van der Waals surface area (Å²) in [6.45, 7) is 6.05. The molecule has 1 N–H and O–H groups in total. The second-order valence-corrected chi connectivity index (χ2v) is 8.09. The van der Waals surface area contributed by atoms with Crippen LogP contribution < -0.4 is 5.32 Å². The van der Waals surface area contributed by atoms with E-state index in [0.717, 1.165) is 50.3 Å². The van der Waals surface area contributed by atoms with Gasteiger partial charge in [0, 0.05) is 53.8 Å². The van der Waals surface area contributed by atoms with Crippen LogP contribution in [0.1, 0.15) is 29.9 Å². The lowest BCUT2D eigenvalue weighted by Crippen LogP contribution is -2.09. The lowest BCUT2D eigenvalue weighted by Gasteiger charge is -2.16. The Morgan fingerprint density at radius 1 is 0.969 bits per heavy atom. The highest BCUT2D eigenvalue weighted by atomic mass is 16.3. The van der Waals surface area contributed by atoms with Crippen LogP contribution in [0, 0.1) is 13.8 Å². The van der Waals surface area contributed by atoms with E-state index < -0.39 is 0 Å². The molecule has 32 heavy (non-hydrogen) atoms. The monoisotopic (exact) mass is 424 g/mol. The molecular weight excluding hydrogens is 400 g/mol. The summed E-state index contributed by atoms with van der Waals surface area (Å²) in [5.74, 6) is 1.49. The highest BCUT2D eigenvalue weighted by molar-refractivity contribution is 5.85. The van der Waals surface area contributed by atoms with Crippen LogP contribution in [0.2, 0.25) is 0 Å². The number of benzene rings is 1. The minimum Gasteiger partial charge on any atom is -0.464 e. The van der Waals surface area contributed by atoms with Crippen LogP contribution in [0.15, 0.2) is 65.8 Å². The van der Waals surface area contributed by atoms with Crippen LogP contribution in [0.25, 0.3) is 33.4 Å². The van der Waals surface area contributed by atoms with Gasteiger partial charge in [-0.2, -0.15) is 5.10 Å². The molecule has 1 aromatic carbocycles. The van der Waals surface area contributed by atoms with Gasteiger partial charge in [-0.25, -0.2) is 9.97 Å². The molecule has 0 fully saturated rings.